The molecule has 1 atom stereocenters. The second-order valence-electron chi connectivity index (χ2n) is 9.75. The number of nitrogens with one attached hydrogen (secondary N) is 1. The Hall–Kier alpha value is -3.82. The number of aromatic nitrogens is 1. The van der Waals surface area contributed by atoms with E-state index >= 15 is 0 Å². The largest absolute Gasteiger partial charge is 0.490 e. The summed E-state index contributed by atoms with van der Waals surface area (Å²) in [7, 11) is 0. The van der Waals surface area contributed by atoms with Gasteiger partial charge in [0.2, 0.25) is 11.8 Å². The normalized spacial score (nSPS) is 18.1. The van der Waals surface area contributed by atoms with Gasteiger partial charge in [-0.1, -0.05) is 11.8 Å². The third-order valence-electron chi connectivity index (χ3n) is 6.57. The van der Waals surface area contributed by atoms with Gasteiger partial charge in [0.1, 0.15) is 18.3 Å². The standard InChI is InChI=1S/C28H33N5O4/c1-18(2)36-25-15-23-22(14-24(25)27(30)35)20(6-5-19-8-11-31-12-9-19)16-32-28(23)37-21-4-3-13-33(17-21)26(34)7-10-29/h14-16,18-19,21,31H,3-4,7-9,11-13,17H2,1-2H3,(H2,30,35)/t21-/m1/s1. The average Bonchev–Trinajstić information content (AvgIpc) is 2.88. The fourth-order valence-corrected chi connectivity index (χ4v) is 4.72. The van der Waals surface area contributed by atoms with Gasteiger partial charge < -0.3 is 25.4 Å². The second kappa shape index (κ2) is 11.9. The highest BCUT2D eigenvalue weighted by Crippen LogP contribution is 2.34. The number of likely N-dealkylation sites (tertiary alicyclic amines) is 1. The van der Waals surface area contributed by atoms with Gasteiger partial charge in [-0.15, -0.1) is 0 Å². The van der Waals surface area contributed by atoms with Crippen LogP contribution in [0, 0.1) is 29.1 Å². The number of nitriles is 1. The van der Waals surface area contributed by atoms with Crippen LogP contribution in [0.15, 0.2) is 18.3 Å². The van der Waals surface area contributed by atoms with Crippen LogP contribution in [0.3, 0.4) is 0 Å². The molecule has 4 rings (SSSR count). The number of primary amides is 1. The van der Waals surface area contributed by atoms with Gasteiger partial charge in [-0.3, -0.25) is 9.59 Å². The molecule has 2 fully saturated rings. The highest BCUT2D eigenvalue weighted by Gasteiger charge is 2.26. The summed E-state index contributed by atoms with van der Waals surface area (Å²) in [4.78, 5) is 30.8. The zero-order chi connectivity index (χ0) is 26.4. The summed E-state index contributed by atoms with van der Waals surface area (Å²) in [6.45, 7) is 6.63. The van der Waals surface area contributed by atoms with Crippen molar-refractivity contribution in [1.29, 1.82) is 5.26 Å². The van der Waals surface area contributed by atoms with E-state index in [1.54, 1.807) is 23.2 Å². The maximum atomic E-state index is 12.3. The van der Waals surface area contributed by atoms with E-state index in [9.17, 15) is 9.59 Å². The molecule has 0 spiro atoms. The van der Waals surface area contributed by atoms with Crippen molar-refractivity contribution in [3.8, 4) is 29.5 Å². The summed E-state index contributed by atoms with van der Waals surface area (Å²) in [5.74, 6) is 6.90. The Balaban J connectivity index is 1.73. The number of carbonyl (C=O) groups is 2. The van der Waals surface area contributed by atoms with Crippen molar-refractivity contribution in [1.82, 2.24) is 15.2 Å². The number of carbonyl (C=O) groups excluding carboxylic acids is 2. The van der Waals surface area contributed by atoms with Gasteiger partial charge in [0, 0.05) is 29.4 Å². The molecule has 0 unspecified atom stereocenters. The summed E-state index contributed by atoms with van der Waals surface area (Å²) < 4.78 is 12.2. The van der Waals surface area contributed by atoms with Crippen molar-refractivity contribution in [3.05, 3.63) is 29.5 Å². The topological polar surface area (TPSA) is 131 Å². The lowest BCUT2D eigenvalue weighted by atomic mass is 9.97. The zero-order valence-electron chi connectivity index (χ0n) is 21.4. The molecule has 0 radical (unpaired) electrons. The van der Waals surface area contributed by atoms with E-state index in [-0.39, 0.29) is 30.1 Å². The van der Waals surface area contributed by atoms with Crippen LogP contribution in [0.1, 0.15) is 61.9 Å². The minimum Gasteiger partial charge on any atom is -0.490 e. The molecule has 0 bridgehead atoms. The monoisotopic (exact) mass is 503 g/mol. The summed E-state index contributed by atoms with van der Waals surface area (Å²) in [5, 5.41) is 13.6. The van der Waals surface area contributed by atoms with Gasteiger partial charge in [-0.25, -0.2) is 4.98 Å². The molecule has 3 heterocycles. The molecular weight excluding hydrogens is 470 g/mol. The van der Waals surface area contributed by atoms with Crippen LogP contribution >= 0.6 is 0 Å². The quantitative estimate of drug-likeness (QED) is 0.580. The molecule has 37 heavy (non-hydrogen) atoms. The number of piperidine rings is 2. The number of nitrogens with two attached hydrogens (primary N) is 1. The first-order valence-corrected chi connectivity index (χ1v) is 12.8. The van der Waals surface area contributed by atoms with Crippen LogP contribution in [0.25, 0.3) is 10.8 Å². The van der Waals surface area contributed by atoms with Crippen molar-refractivity contribution >= 4 is 22.6 Å². The number of benzene rings is 1. The molecule has 3 N–H and O–H groups in total. The molecule has 0 saturated carbocycles. The maximum Gasteiger partial charge on any atom is 0.252 e. The minimum absolute atomic E-state index is 0.149. The van der Waals surface area contributed by atoms with E-state index in [1.807, 2.05) is 19.9 Å². The molecule has 0 aliphatic carbocycles. The van der Waals surface area contributed by atoms with Crippen molar-refractivity contribution < 1.29 is 19.1 Å². The fraction of sp³-hybridized carbons (Fsp3) is 0.500. The van der Waals surface area contributed by atoms with Crippen LogP contribution in [-0.2, 0) is 4.79 Å². The fourth-order valence-electron chi connectivity index (χ4n) is 4.72. The summed E-state index contributed by atoms with van der Waals surface area (Å²) in [5.41, 5.74) is 6.67. The number of ether oxygens (including phenoxy) is 2. The number of fused-ring (bicyclic) bond motifs is 1. The Morgan fingerprint density at radius 2 is 2.03 bits per heavy atom. The van der Waals surface area contributed by atoms with Gasteiger partial charge in [0.25, 0.3) is 5.91 Å². The van der Waals surface area contributed by atoms with Gasteiger partial charge in [-0.2, -0.15) is 5.26 Å². The Morgan fingerprint density at radius 3 is 2.73 bits per heavy atom. The van der Waals surface area contributed by atoms with E-state index in [1.165, 1.54) is 0 Å². The molecular formula is C28H33N5O4. The highest BCUT2D eigenvalue weighted by molar-refractivity contribution is 6.03. The van der Waals surface area contributed by atoms with Crippen LogP contribution in [-0.4, -0.2) is 60.1 Å². The van der Waals surface area contributed by atoms with Crippen molar-refractivity contribution in [2.24, 2.45) is 11.7 Å². The lowest BCUT2D eigenvalue weighted by Crippen LogP contribution is -2.44. The molecule has 9 nitrogen and oxygen atoms in total. The Bertz CT molecular complexity index is 1270. The third-order valence-corrected chi connectivity index (χ3v) is 6.57. The number of amides is 2. The summed E-state index contributed by atoms with van der Waals surface area (Å²) >= 11 is 0. The first-order valence-electron chi connectivity index (χ1n) is 12.8. The molecule has 2 aliphatic rings. The Labute approximate surface area is 217 Å². The molecule has 194 valence electrons. The molecule has 2 aliphatic heterocycles. The highest BCUT2D eigenvalue weighted by atomic mass is 16.5. The van der Waals surface area contributed by atoms with E-state index < -0.39 is 5.91 Å². The van der Waals surface area contributed by atoms with E-state index in [0.29, 0.717) is 47.0 Å². The number of hydrogen-bond acceptors (Lipinski definition) is 7. The maximum absolute atomic E-state index is 12.3. The zero-order valence-corrected chi connectivity index (χ0v) is 21.4. The number of nitrogens with zero attached hydrogens (tertiary/aromatic N) is 3. The molecule has 2 amide bonds. The molecule has 1 aromatic carbocycles. The minimum atomic E-state index is -0.590. The molecule has 9 heteroatoms. The van der Waals surface area contributed by atoms with Gasteiger partial charge in [-0.05, 0) is 64.8 Å². The summed E-state index contributed by atoms with van der Waals surface area (Å²) in [6, 6.07) is 5.37. The predicted octanol–water partition coefficient (Wildman–Crippen LogP) is 2.76. The first kappa shape index (κ1) is 26.2. The van der Waals surface area contributed by atoms with E-state index in [2.05, 4.69) is 22.1 Å². The van der Waals surface area contributed by atoms with E-state index in [4.69, 9.17) is 20.5 Å². The number of hydrogen-bond donors (Lipinski definition) is 2. The number of pyridine rings is 1. The van der Waals surface area contributed by atoms with Crippen molar-refractivity contribution in [2.75, 3.05) is 26.2 Å². The first-order chi connectivity index (χ1) is 17.9. The Kier molecular flexibility index (Phi) is 8.47. The van der Waals surface area contributed by atoms with Crippen LogP contribution in [0.4, 0.5) is 0 Å². The average molecular weight is 504 g/mol. The van der Waals surface area contributed by atoms with Gasteiger partial charge in [0.15, 0.2) is 0 Å². The molecule has 2 aromatic rings. The lowest BCUT2D eigenvalue weighted by molar-refractivity contribution is -0.132. The smallest absolute Gasteiger partial charge is 0.252 e. The van der Waals surface area contributed by atoms with Gasteiger partial charge in [0.05, 0.1) is 29.8 Å². The van der Waals surface area contributed by atoms with Crippen molar-refractivity contribution in [3.63, 3.8) is 0 Å². The third kappa shape index (κ3) is 6.49. The van der Waals surface area contributed by atoms with E-state index in [0.717, 1.165) is 38.8 Å². The molecule has 2 saturated heterocycles. The molecule has 1 aromatic heterocycles. The van der Waals surface area contributed by atoms with Crippen LogP contribution in [0.2, 0.25) is 0 Å². The Morgan fingerprint density at radius 1 is 1.24 bits per heavy atom. The van der Waals surface area contributed by atoms with Crippen molar-refractivity contribution in [2.45, 2.75) is 58.2 Å². The SMILES string of the molecule is CC(C)Oc1cc2c(O[C@@H]3CCCN(C(=O)CC#N)C3)ncc(C#CC3CCNCC3)c2cc1C(N)=O. The lowest BCUT2D eigenvalue weighted by Gasteiger charge is -2.32. The van der Waals surface area contributed by atoms with Gasteiger partial charge >= 0.3 is 0 Å². The van der Waals surface area contributed by atoms with Crippen LogP contribution < -0.4 is 20.5 Å². The number of rotatable bonds is 6. The predicted molar refractivity (Wildman–Crippen MR) is 139 cm³/mol. The van der Waals surface area contributed by atoms with Crippen LogP contribution in [0.5, 0.6) is 11.6 Å². The summed E-state index contributed by atoms with van der Waals surface area (Å²) in [6.07, 6.45) is 4.57. The second-order valence-corrected chi connectivity index (χ2v) is 9.75.